The van der Waals surface area contributed by atoms with Crippen LogP contribution < -0.4 is 0 Å². The molecule has 7 heteroatoms. The quantitative estimate of drug-likeness (QED) is 0.914. The Labute approximate surface area is 125 Å². The molecule has 0 radical (unpaired) electrons. The summed E-state index contributed by atoms with van der Waals surface area (Å²) >= 11 is 2.74. The average molecular weight is 309 g/mol. The third-order valence-electron chi connectivity index (χ3n) is 2.81. The minimum absolute atomic E-state index is 0.261. The number of carboxylic acid groups (broad SMARTS) is 1. The Bertz CT molecular complexity index is 641. The van der Waals surface area contributed by atoms with E-state index >= 15 is 0 Å². The summed E-state index contributed by atoms with van der Waals surface area (Å²) in [5, 5.41) is 20.1. The molecular weight excluding hydrogens is 294 g/mol. The molecule has 0 fully saturated rings. The molecule has 2 rings (SSSR count). The van der Waals surface area contributed by atoms with Gasteiger partial charge in [-0.15, -0.1) is 16.4 Å². The van der Waals surface area contributed by atoms with Crippen molar-refractivity contribution >= 4 is 29.1 Å². The molecule has 2 aromatic rings. The number of carboxylic acids is 1. The molecule has 0 unspecified atom stereocenters. The highest BCUT2D eigenvalue weighted by Gasteiger charge is 2.21. The van der Waals surface area contributed by atoms with E-state index in [1.165, 1.54) is 23.1 Å². The maximum Gasteiger partial charge on any atom is 0.338 e. The van der Waals surface area contributed by atoms with Gasteiger partial charge in [0.25, 0.3) is 0 Å². The number of aryl methyl sites for hydroxylation is 2. The second-order valence-electron chi connectivity index (χ2n) is 4.17. The van der Waals surface area contributed by atoms with E-state index in [0.29, 0.717) is 17.9 Å². The Balaban J connectivity index is 2.49. The van der Waals surface area contributed by atoms with Gasteiger partial charge in [-0.05, 0) is 37.1 Å². The lowest BCUT2D eigenvalue weighted by atomic mass is 10.0. The van der Waals surface area contributed by atoms with Gasteiger partial charge in [0.2, 0.25) is 0 Å². The Hall–Kier alpha value is -1.47. The minimum Gasteiger partial charge on any atom is -0.478 e. The molecule has 5 nitrogen and oxygen atoms in total. The Morgan fingerprint density at radius 1 is 1.35 bits per heavy atom. The number of hydrogen-bond donors (Lipinski definition) is 1. The number of carbonyl (C=O) groups is 1. The third kappa shape index (κ3) is 2.99. The highest BCUT2D eigenvalue weighted by Crippen LogP contribution is 2.33. The maximum atomic E-state index is 11.6. The highest BCUT2D eigenvalue weighted by molar-refractivity contribution is 8.01. The Kier molecular flexibility index (Phi) is 4.72. The van der Waals surface area contributed by atoms with Gasteiger partial charge in [-0.2, -0.15) is 5.10 Å². The molecule has 0 spiro atoms. The molecule has 1 N–H and O–H groups in total. The van der Waals surface area contributed by atoms with E-state index in [9.17, 15) is 9.90 Å². The Morgan fingerprint density at radius 3 is 2.60 bits per heavy atom. The number of aromatic nitrogens is 3. The van der Waals surface area contributed by atoms with Crippen LogP contribution in [0.5, 0.6) is 0 Å². The molecule has 2 aromatic heterocycles. The summed E-state index contributed by atoms with van der Waals surface area (Å²) in [6.07, 6.45) is 1.31. The highest BCUT2D eigenvalue weighted by atomic mass is 32.2. The van der Waals surface area contributed by atoms with Crippen LogP contribution in [-0.4, -0.2) is 26.3 Å². The first-order valence-corrected chi connectivity index (χ1v) is 7.98. The average Bonchev–Trinajstić information content (AvgIpc) is 2.83. The van der Waals surface area contributed by atoms with E-state index in [1.54, 1.807) is 0 Å². The van der Waals surface area contributed by atoms with Crippen molar-refractivity contribution in [1.29, 1.82) is 0 Å². The van der Waals surface area contributed by atoms with Crippen LogP contribution in [-0.2, 0) is 12.8 Å². The van der Waals surface area contributed by atoms with Crippen molar-refractivity contribution in [2.75, 3.05) is 0 Å². The van der Waals surface area contributed by atoms with E-state index in [1.807, 2.05) is 26.2 Å². The van der Waals surface area contributed by atoms with E-state index < -0.39 is 5.97 Å². The summed E-state index contributed by atoms with van der Waals surface area (Å²) in [7, 11) is 0. The second kappa shape index (κ2) is 6.32. The van der Waals surface area contributed by atoms with Gasteiger partial charge in [-0.1, -0.05) is 13.8 Å². The van der Waals surface area contributed by atoms with Crippen molar-refractivity contribution in [3.63, 3.8) is 0 Å². The second-order valence-corrected chi connectivity index (χ2v) is 6.27. The molecule has 0 amide bonds. The van der Waals surface area contributed by atoms with Crippen LogP contribution in [0.3, 0.4) is 0 Å². The normalized spacial score (nSPS) is 10.8. The van der Waals surface area contributed by atoms with Crippen molar-refractivity contribution < 1.29 is 9.90 Å². The molecule has 0 atom stereocenters. The van der Waals surface area contributed by atoms with Crippen LogP contribution in [0.1, 0.15) is 41.2 Å². The van der Waals surface area contributed by atoms with Gasteiger partial charge >= 0.3 is 5.97 Å². The zero-order valence-electron chi connectivity index (χ0n) is 11.5. The lowest BCUT2D eigenvalue weighted by molar-refractivity contribution is 0.0690. The van der Waals surface area contributed by atoms with Crippen molar-refractivity contribution in [1.82, 2.24) is 15.2 Å². The van der Waals surface area contributed by atoms with E-state index in [-0.39, 0.29) is 5.56 Å². The molecule has 0 aromatic carbocycles. The molecule has 0 aliphatic heterocycles. The van der Waals surface area contributed by atoms with Gasteiger partial charge in [0, 0.05) is 11.1 Å². The predicted octanol–water partition coefficient (Wildman–Crippen LogP) is 3.22. The van der Waals surface area contributed by atoms with Gasteiger partial charge in [0.05, 0.1) is 11.3 Å². The van der Waals surface area contributed by atoms with Crippen molar-refractivity contribution in [3.8, 4) is 0 Å². The monoisotopic (exact) mass is 309 g/mol. The lowest BCUT2D eigenvalue weighted by Gasteiger charge is -2.10. The van der Waals surface area contributed by atoms with Crippen molar-refractivity contribution in [2.24, 2.45) is 0 Å². The Morgan fingerprint density at radius 2 is 2.10 bits per heavy atom. The number of thiazole rings is 1. The fraction of sp³-hybridized carbons (Fsp3) is 0.385. The van der Waals surface area contributed by atoms with Gasteiger partial charge in [0.1, 0.15) is 5.03 Å². The van der Waals surface area contributed by atoms with E-state index in [4.69, 9.17) is 0 Å². The number of nitrogens with zero attached hydrogens (tertiary/aromatic N) is 3. The molecule has 0 bridgehead atoms. The predicted molar refractivity (Wildman–Crippen MR) is 78.7 cm³/mol. The molecule has 0 aliphatic carbocycles. The van der Waals surface area contributed by atoms with Crippen LogP contribution in [0.15, 0.2) is 14.7 Å². The molecule has 2 heterocycles. The van der Waals surface area contributed by atoms with Gasteiger partial charge in [0.15, 0.2) is 4.34 Å². The fourth-order valence-corrected chi connectivity index (χ4v) is 3.75. The first-order chi connectivity index (χ1) is 9.56. The van der Waals surface area contributed by atoms with Crippen LogP contribution in [0.4, 0.5) is 0 Å². The van der Waals surface area contributed by atoms with Crippen LogP contribution in [0, 0.1) is 6.92 Å². The number of aromatic carboxylic acids is 1. The topological polar surface area (TPSA) is 76.0 Å². The largest absolute Gasteiger partial charge is 0.478 e. The summed E-state index contributed by atoms with van der Waals surface area (Å²) in [6, 6.07) is 0. The summed E-state index contributed by atoms with van der Waals surface area (Å²) in [5.74, 6) is -0.956. The van der Waals surface area contributed by atoms with Crippen LogP contribution in [0.25, 0.3) is 0 Å². The smallest absolute Gasteiger partial charge is 0.338 e. The summed E-state index contributed by atoms with van der Waals surface area (Å²) < 4.78 is 0.783. The first kappa shape index (κ1) is 14.9. The van der Waals surface area contributed by atoms with Crippen molar-refractivity contribution in [3.05, 3.63) is 27.9 Å². The van der Waals surface area contributed by atoms with Gasteiger partial charge < -0.3 is 5.11 Å². The van der Waals surface area contributed by atoms with Crippen LogP contribution >= 0.6 is 23.1 Å². The lowest BCUT2D eigenvalue weighted by Crippen LogP contribution is -2.11. The van der Waals surface area contributed by atoms with E-state index in [0.717, 1.165) is 21.3 Å². The first-order valence-electron chi connectivity index (χ1n) is 6.28. The third-order valence-corrected chi connectivity index (χ3v) is 4.85. The molecule has 0 saturated heterocycles. The van der Waals surface area contributed by atoms with Crippen molar-refractivity contribution in [2.45, 2.75) is 43.0 Å². The van der Waals surface area contributed by atoms with Gasteiger partial charge in [-0.25, -0.2) is 9.78 Å². The SMILES string of the molecule is CCc1nnc(Sc2nc(C)cs2)c(C(=O)O)c1CC. The molecule has 106 valence electrons. The summed E-state index contributed by atoms with van der Waals surface area (Å²) in [6.45, 7) is 5.79. The standard InChI is InChI=1S/C13H15N3O2S2/c1-4-8-9(5-2)15-16-11(10(8)12(17)18)20-13-14-7(3)6-19-13/h6H,4-5H2,1-3H3,(H,17,18). The van der Waals surface area contributed by atoms with Gasteiger partial charge in [-0.3, -0.25) is 0 Å². The molecule has 20 heavy (non-hydrogen) atoms. The molecule has 0 aliphatic rings. The fourth-order valence-electron chi connectivity index (χ4n) is 1.91. The van der Waals surface area contributed by atoms with E-state index in [2.05, 4.69) is 15.2 Å². The number of hydrogen-bond acceptors (Lipinski definition) is 6. The maximum absolute atomic E-state index is 11.6. The summed E-state index contributed by atoms with van der Waals surface area (Å²) in [4.78, 5) is 15.9. The zero-order chi connectivity index (χ0) is 14.7. The zero-order valence-corrected chi connectivity index (χ0v) is 13.1. The molecule has 0 saturated carbocycles. The minimum atomic E-state index is -0.956. The van der Waals surface area contributed by atoms with Crippen LogP contribution in [0.2, 0.25) is 0 Å². The number of rotatable bonds is 5. The summed E-state index contributed by atoms with van der Waals surface area (Å²) in [5.41, 5.74) is 2.70. The molecular formula is C13H15N3O2S2.